The zero-order valence-electron chi connectivity index (χ0n) is 4.25. The van der Waals surface area contributed by atoms with E-state index in [-0.39, 0.29) is 0 Å². The lowest BCUT2D eigenvalue weighted by molar-refractivity contribution is 1.02. The van der Waals surface area contributed by atoms with Gasteiger partial charge in [0.2, 0.25) is 0 Å². The van der Waals surface area contributed by atoms with Gasteiger partial charge in [0.1, 0.15) is 0 Å². The van der Waals surface area contributed by atoms with Crippen LogP contribution in [-0.4, -0.2) is 4.73 Å². The Hall–Kier alpha value is -0.350. The Bertz CT molecular complexity index is 236. The van der Waals surface area contributed by atoms with Crippen molar-refractivity contribution in [2.24, 2.45) is 0 Å². The van der Waals surface area contributed by atoms with E-state index in [1.807, 2.05) is 0 Å². The second-order valence-electron chi connectivity index (χ2n) is 1.44. The van der Waals surface area contributed by atoms with E-state index in [9.17, 15) is 5.21 Å². The van der Waals surface area contributed by atoms with Gasteiger partial charge >= 0.3 is 0 Å². The Balaban J connectivity index is 3.41. The molecule has 0 atom stereocenters. The Morgan fingerprint density at radius 3 is 2.62 bits per heavy atom. The van der Waals surface area contributed by atoms with Crippen molar-refractivity contribution in [2.75, 3.05) is 0 Å². The molecule has 0 aliphatic carbocycles. The van der Waals surface area contributed by atoms with Crippen molar-refractivity contribution in [3.8, 4) is 0 Å². The molecule has 0 spiro atoms. The van der Waals surface area contributed by atoms with Gasteiger partial charge in [0.25, 0.3) is 0 Å². The van der Waals surface area contributed by atoms with E-state index in [4.69, 9.17) is 0 Å². The minimum Gasteiger partial charge on any atom is -0.804 e. The molecule has 1 aromatic heterocycles. The van der Waals surface area contributed by atoms with Gasteiger partial charge in [-0.05, 0) is 19.1 Å². The van der Waals surface area contributed by atoms with Crippen molar-refractivity contribution in [2.45, 2.75) is 6.92 Å². The van der Waals surface area contributed by atoms with Crippen LogP contribution >= 0.6 is 23.6 Å². The summed E-state index contributed by atoms with van der Waals surface area (Å²) in [6, 6.07) is 0. The van der Waals surface area contributed by atoms with Crippen molar-refractivity contribution in [3.63, 3.8) is 0 Å². The van der Waals surface area contributed by atoms with E-state index >= 15 is 0 Å². The third kappa shape index (κ3) is 0.763. The minimum atomic E-state index is 0.391. The van der Waals surface area contributed by atoms with Crippen molar-refractivity contribution in [1.29, 1.82) is 0 Å². The molecule has 2 nitrogen and oxygen atoms in total. The topological polar surface area (TPSA) is 28.0 Å². The van der Waals surface area contributed by atoms with Crippen LogP contribution in [-0.2, 0) is 0 Å². The molecule has 0 aliphatic heterocycles. The van der Waals surface area contributed by atoms with E-state index < -0.39 is 0 Å². The molecule has 1 aromatic rings. The molecule has 0 aromatic carbocycles. The number of rotatable bonds is 0. The van der Waals surface area contributed by atoms with Gasteiger partial charge in [0, 0.05) is 11.1 Å². The van der Waals surface area contributed by atoms with Crippen molar-refractivity contribution < 1.29 is 0 Å². The highest BCUT2D eigenvalue weighted by Gasteiger charge is 1.85. The lowest BCUT2D eigenvalue weighted by atomic mass is 10.6. The summed E-state index contributed by atoms with van der Waals surface area (Å²) in [7, 11) is 0. The number of nitrogens with zero attached hydrogens (tertiary/aromatic N) is 1. The van der Waals surface area contributed by atoms with Gasteiger partial charge in [-0.3, -0.25) is 0 Å². The number of thiazole rings is 1. The quantitative estimate of drug-likeness (QED) is 0.523. The average molecular weight is 146 g/mol. The summed E-state index contributed by atoms with van der Waals surface area (Å²) in [5, 5.41) is 12.3. The van der Waals surface area contributed by atoms with Crippen LogP contribution in [0, 0.1) is 16.1 Å². The maximum absolute atomic E-state index is 10.6. The molecule has 4 heteroatoms. The van der Waals surface area contributed by atoms with Crippen LogP contribution in [0.1, 0.15) is 5.69 Å². The summed E-state index contributed by atoms with van der Waals surface area (Å²) >= 11 is 5.94. The van der Waals surface area contributed by atoms with Gasteiger partial charge in [-0.2, -0.15) is 0 Å². The fourth-order valence-corrected chi connectivity index (χ4v) is 1.27. The number of hydrogen-bond donors (Lipinski definition) is 0. The summed E-state index contributed by atoms with van der Waals surface area (Å²) in [6.07, 6.45) is 0. The van der Waals surface area contributed by atoms with Crippen LogP contribution in [0.2, 0.25) is 0 Å². The molecule has 0 saturated heterocycles. The van der Waals surface area contributed by atoms with Crippen LogP contribution in [0.4, 0.5) is 0 Å². The molecule has 1 heterocycles. The van der Waals surface area contributed by atoms with Crippen LogP contribution in [0.3, 0.4) is 0 Å². The van der Waals surface area contributed by atoms with Gasteiger partial charge in [0.05, 0.1) is 0 Å². The molecule has 0 saturated carbocycles. The molecule has 0 bridgehead atoms. The zero-order valence-corrected chi connectivity index (χ0v) is 5.88. The van der Waals surface area contributed by atoms with Gasteiger partial charge in [-0.1, -0.05) is 0 Å². The lowest BCUT2D eigenvalue weighted by Crippen LogP contribution is -1.84. The number of aryl methyl sites for hydroxylation is 1. The van der Waals surface area contributed by atoms with Gasteiger partial charge < -0.3 is 9.94 Å². The summed E-state index contributed by atoms with van der Waals surface area (Å²) in [4.78, 5) is 0. The standard InChI is InChI=1S/C4H4NOS2/c1-3-2-8-4(7)5(3)6/h2H,1H3/q-1. The first-order valence-electron chi connectivity index (χ1n) is 2.06. The molecule has 0 amide bonds. The van der Waals surface area contributed by atoms with E-state index in [0.29, 0.717) is 9.65 Å². The first-order valence-corrected chi connectivity index (χ1v) is 3.35. The smallest absolute Gasteiger partial charge is 0.156 e. The Kier molecular flexibility index (Phi) is 1.35. The van der Waals surface area contributed by atoms with Gasteiger partial charge in [-0.25, -0.2) is 0 Å². The third-order valence-corrected chi connectivity index (χ3v) is 2.10. The summed E-state index contributed by atoms with van der Waals surface area (Å²) in [6.45, 7) is 1.74. The fourth-order valence-electron chi connectivity index (χ4n) is 0.375. The molecule has 0 radical (unpaired) electrons. The summed E-state index contributed by atoms with van der Waals surface area (Å²) < 4.78 is 1.14. The van der Waals surface area contributed by atoms with Crippen LogP contribution in [0.25, 0.3) is 0 Å². The third-order valence-electron chi connectivity index (χ3n) is 0.816. The van der Waals surface area contributed by atoms with E-state index in [0.717, 1.165) is 4.73 Å². The van der Waals surface area contributed by atoms with Gasteiger partial charge in [-0.15, -0.1) is 11.3 Å². The largest absolute Gasteiger partial charge is 0.804 e. The maximum Gasteiger partial charge on any atom is 0.156 e. The predicted molar refractivity (Wildman–Crippen MR) is 36.6 cm³/mol. The normalized spacial score (nSPS) is 9.62. The summed E-state index contributed by atoms with van der Waals surface area (Å²) in [5.41, 5.74) is 0.681. The lowest BCUT2D eigenvalue weighted by Gasteiger charge is -2.05. The zero-order chi connectivity index (χ0) is 6.15. The van der Waals surface area contributed by atoms with E-state index in [1.54, 1.807) is 12.3 Å². The molecular weight excluding hydrogens is 142 g/mol. The molecule has 1 rings (SSSR count). The molecular formula is C4H4NOS2-. The number of hydrogen-bond acceptors (Lipinski definition) is 3. The highest BCUT2D eigenvalue weighted by Crippen LogP contribution is 2.06. The molecule has 0 aliphatic rings. The summed E-state index contributed by atoms with van der Waals surface area (Å²) in [5.74, 6) is 0. The van der Waals surface area contributed by atoms with Crippen molar-refractivity contribution in [3.05, 3.63) is 20.2 Å². The minimum absolute atomic E-state index is 0.391. The Morgan fingerprint density at radius 2 is 2.50 bits per heavy atom. The molecule has 44 valence electrons. The van der Waals surface area contributed by atoms with Crippen LogP contribution < -0.4 is 0 Å². The number of aromatic nitrogens is 1. The first-order chi connectivity index (χ1) is 3.72. The van der Waals surface area contributed by atoms with E-state index in [1.165, 1.54) is 11.3 Å². The predicted octanol–water partition coefficient (Wildman–Crippen LogP) is 1.93. The highest BCUT2D eigenvalue weighted by molar-refractivity contribution is 7.73. The Labute approximate surface area is 56.0 Å². The monoisotopic (exact) mass is 146 g/mol. The maximum atomic E-state index is 10.6. The first kappa shape index (κ1) is 5.78. The Morgan fingerprint density at radius 1 is 1.88 bits per heavy atom. The SMILES string of the molecule is Cc1csc(=S)n1[O-]. The molecule has 0 N–H and O–H groups in total. The highest BCUT2D eigenvalue weighted by atomic mass is 32.1. The van der Waals surface area contributed by atoms with Gasteiger partial charge in [0.15, 0.2) is 3.95 Å². The second kappa shape index (κ2) is 1.87. The average Bonchev–Trinajstić information content (AvgIpc) is 1.98. The van der Waals surface area contributed by atoms with Crippen LogP contribution in [0.5, 0.6) is 0 Å². The molecule has 0 unspecified atom stereocenters. The van der Waals surface area contributed by atoms with Crippen molar-refractivity contribution in [1.82, 2.24) is 4.73 Å². The molecule has 0 fully saturated rings. The van der Waals surface area contributed by atoms with Crippen molar-refractivity contribution >= 4 is 23.6 Å². The second-order valence-corrected chi connectivity index (χ2v) is 2.94. The fraction of sp³-hybridized carbons (Fsp3) is 0.250. The van der Waals surface area contributed by atoms with E-state index in [2.05, 4.69) is 12.2 Å². The van der Waals surface area contributed by atoms with Crippen LogP contribution in [0.15, 0.2) is 5.38 Å². The molecule has 8 heavy (non-hydrogen) atoms.